The van der Waals surface area contributed by atoms with Gasteiger partial charge < -0.3 is 19.4 Å². The molecule has 0 saturated heterocycles. The number of nitrogens with zero attached hydrogens (tertiary/aromatic N) is 3. The molecule has 2 heterocycles. The third-order valence-electron chi connectivity index (χ3n) is 5.13. The lowest BCUT2D eigenvalue weighted by Crippen LogP contribution is -2.20. The monoisotopic (exact) mass is 556 g/mol. The Morgan fingerprint density at radius 3 is 2.73 bits per heavy atom. The van der Waals surface area contributed by atoms with Crippen molar-refractivity contribution in [2.75, 3.05) is 36.6 Å². The first-order chi connectivity index (χ1) is 18.1. The van der Waals surface area contributed by atoms with E-state index in [0.29, 0.717) is 36.3 Å². The van der Waals surface area contributed by atoms with Crippen molar-refractivity contribution in [1.82, 2.24) is 9.55 Å². The highest BCUT2D eigenvalue weighted by atomic mass is 32.2. The van der Waals surface area contributed by atoms with Crippen molar-refractivity contribution in [2.24, 2.45) is 4.99 Å². The fourth-order valence-corrected chi connectivity index (χ4v) is 5.95. The van der Waals surface area contributed by atoms with Gasteiger partial charge in [-0.25, -0.2) is 4.98 Å². The summed E-state index contributed by atoms with van der Waals surface area (Å²) in [6.45, 7) is 6.20. The number of thioether (sulfide) groups is 1. The molecular formula is C26H28N4O4S3. The highest BCUT2D eigenvalue weighted by Crippen LogP contribution is 2.25. The first kappa shape index (κ1) is 27.1. The van der Waals surface area contributed by atoms with Crippen molar-refractivity contribution in [3.05, 3.63) is 58.7 Å². The van der Waals surface area contributed by atoms with Crippen LogP contribution in [0.1, 0.15) is 13.8 Å². The van der Waals surface area contributed by atoms with Gasteiger partial charge in [0.1, 0.15) is 5.75 Å². The van der Waals surface area contributed by atoms with E-state index >= 15 is 0 Å². The predicted molar refractivity (Wildman–Crippen MR) is 152 cm³/mol. The molecule has 37 heavy (non-hydrogen) atoms. The number of ether oxygens (including phenoxy) is 2. The van der Waals surface area contributed by atoms with Crippen LogP contribution >= 0.6 is 34.4 Å². The van der Waals surface area contributed by atoms with Gasteiger partial charge >= 0.3 is 0 Å². The Kier molecular flexibility index (Phi) is 9.89. The molecule has 1 N–H and O–H groups in total. The summed E-state index contributed by atoms with van der Waals surface area (Å²) in [5.41, 5.74) is 2.79. The molecular weight excluding hydrogens is 529 g/mol. The van der Waals surface area contributed by atoms with Crippen LogP contribution in [0.5, 0.6) is 5.75 Å². The number of nitrogens with one attached hydrogen (secondary N) is 1. The second-order valence-electron chi connectivity index (χ2n) is 7.75. The highest BCUT2D eigenvalue weighted by molar-refractivity contribution is 8.00. The molecule has 194 valence electrons. The number of thiazole rings is 2. The number of amides is 2. The van der Waals surface area contributed by atoms with Gasteiger partial charge in [0, 0.05) is 24.1 Å². The molecule has 0 aliphatic rings. The molecule has 0 radical (unpaired) electrons. The van der Waals surface area contributed by atoms with Gasteiger partial charge in [-0.05, 0) is 32.0 Å². The van der Waals surface area contributed by atoms with Crippen LogP contribution in [-0.4, -0.2) is 52.7 Å². The molecule has 11 heteroatoms. The zero-order chi connectivity index (χ0) is 26.0. The second-order valence-corrected chi connectivity index (χ2v) is 10.6. The summed E-state index contributed by atoms with van der Waals surface area (Å²) in [6.07, 6.45) is 0. The molecule has 2 aromatic heterocycles. The molecule has 0 bridgehead atoms. The maximum atomic E-state index is 12.6. The number of hydrogen-bond donors (Lipinski definition) is 1. The van der Waals surface area contributed by atoms with E-state index in [2.05, 4.69) is 15.3 Å². The van der Waals surface area contributed by atoms with E-state index in [-0.39, 0.29) is 23.3 Å². The van der Waals surface area contributed by atoms with E-state index < -0.39 is 0 Å². The van der Waals surface area contributed by atoms with Gasteiger partial charge in [0.15, 0.2) is 9.93 Å². The lowest BCUT2D eigenvalue weighted by Gasteiger charge is -2.06. The molecule has 0 unspecified atom stereocenters. The van der Waals surface area contributed by atoms with Crippen molar-refractivity contribution in [3.8, 4) is 17.0 Å². The summed E-state index contributed by atoms with van der Waals surface area (Å²) in [4.78, 5) is 34.4. The predicted octanol–water partition coefficient (Wildman–Crippen LogP) is 5.06. The molecule has 0 atom stereocenters. The smallest absolute Gasteiger partial charge is 0.258 e. The average molecular weight is 557 g/mol. The largest absolute Gasteiger partial charge is 0.494 e. The van der Waals surface area contributed by atoms with Gasteiger partial charge in [-0.1, -0.05) is 41.7 Å². The van der Waals surface area contributed by atoms with Gasteiger partial charge in [0.25, 0.3) is 5.91 Å². The molecule has 0 saturated carbocycles. The summed E-state index contributed by atoms with van der Waals surface area (Å²) < 4.78 is 14.1. The molecule has 0 fully saturated rings. The molecule has 0 aliphatic heterocycles. The van der Waals surface area contributed by atoms with Crippen molar-refractivity contribution in [2.45, 2.75) is 20.4 Å². The highest BCUT2D eigenvalue weighted by Gasteiger charge is 2.12. The Balaban J connectivity index is 1.37. The Bertz CT molecular complexity index is 1410. The number of hydrogen-bond acceptors (Lipinski definition) is 8. The minimum Gasteiger partial charge on any atom is -0.494 e. The van der Waals surface area contributed by atoms with Crippen LogP contribution in [0.15, 0.2) is 58.9 Å². The lowest BCUT2D eigenvalue weighted by molar-refractivity contribution is -0.115. The van der Waals surface area contributed by atoms with Crippen molar-refractivity contribution in [3.63, 3.8) is 0 Å². The van der Waals surface area contributed by atoms with Crippen molar-refractivity contribution < 1.29 is 19.1 Å². The van der Waals surface area contributed by atoms with Gasteiger partial charge in [-0.2, -0.15) is 4.99 Å². The fourth-order valence-electron chi connectivity index (χ4n) is 3.51. The lowest BCUT2D eigenvalue weighted by atomic mass is 10.2. The summed E-state index contributed by atoms with van der Waals surface area (Å²) in [6, 6.07) is 15.6. The number of anilines is 1. The molecule has 4 aromatic rings. The minimum absolute atomic E-state index is 0.102. The van der Waals surface area contributed by atoms with E-state index in [4.69, 9.17) is 9.47 Å². The van der Waals surface area contributed by atoms with Crippen LogP contribution in [0.25, 0.3) is 21.5 Å². The molecule has 0 spiro atoms. The Morgan fingerprint density at radius 2 is 1.95 bits per heavy atom. The normalized spacial score (nSPS) is 11.7. The van der Waals surface area contributed by atoms with Crippen molar-refractivity contribution >= 4 is 61.6 Å². The Morgan fingerprint density at radius 1 is 1.11 bits per heavy atom. The zero-order valence-corrected chi connectivity index (χ0v) is 23.1. The summed E-state index contributed by atoms with van der Waals surface area (Å²) in [7, 11) is 0. The first-order valence-electron chi connectivity index (χ1n) is 11.9. The third-order valence-corrected chi connectivity index (χ3v) is 7.84. The zero-order valence-electron chi connectivity index (χ0n) is 20.6. The van der Waals surface area contributed by atoms with Gasteiger partial charge in [-0.3, -0.25) is 9.59 Å². The number of rotatable bonds is 12. The molecule has 2 amide bonds. The summed E-state index contributed by atoms with van der Waals surface area (Å²) >= 11 is 4.03. The van der Waals surface area contributed by atoms with Crippen LogP contribution in [0, 0.1) is 0 Å². The standard InChI is InChI=1S/C26H28N4O4S3/c1-3-33-13-12-30-21-11-10-19(34-4-2)14-22(21)37-26(30)29-24(32)17-35-16-23(31)28-25-27-20(15-36-25)18-8-6-5-7-9-18/h5-11,14-15H,3-4,12-13,16-17H2,1-2H3,(H,27,28,31). The third kappa shape index (κ3) is 7.51. The second kappa shape index (κ2) is 13.5. The average Bonchev–Trinajstić information content (AvgIpc) is 3.49. The Labute approximate surface area is 227 Å². The van der Waals surface area contributed by atoms with E-state index in [9.17, 15) is 9.59 Å². The summed E-state index contributed by atoms with van der Waals surface area (Å²) in [5.74, 6) is 0.522. The van der Waals surface area contributed by atoms with E-state index in [1.807, 2.05) is 72.3 Å². The maximum absolute atomic E-state index is 12.6. The topological polar surface area (TPSA) is 94.8 Å². The van der Waals surface area contributed by atoms with Gasteiger partial charge in [-0.15, -0.1) is 23.1 Å². The fraction of sp³-hybridized carbons (Fsp3) is 0.308. The van der Waals surface area contributed by atoms with Crippen LogP contribution in [0.2, 0.25) is 0 Å². The Hall–Kier alpha value is -2.99. The molecule has 8 nitrogen and oxygen atoms in total. The molecule has 0 aliphatic carbocycles. The minimum atomic E-state index is -0.292. The number of aromatic nitrogens is 2. The van der Waals surface area contributed by atoms with Crippen LogP contribution < -0.4 is 14.9 Å². The number of fused-ring (bicyclic) bond motifs is 1. The van der Waals surface area contributed by atoms with E-state index in [1.54, 1.807) is 0 Å². The molecule has 4 rings (SSSR count). The first-order valence-corrected chi connectivity index (χ1v) is 14.7. The maximum Gasteiger partial charge on any atom is 0.258 e. The number of carbonyl (C=O) groups is 2. The van der Waals surface area contributed by atoms with Crippen LogP contribution in [-0.2, 0) is 20.9 Å². The number of benzene rings is 2. The van der Waals surface area contributed by atoms with Gasteiger partial charge in [0.2, 0.25) is 5.91 Å². The quantitative estimate of drug-likeness (QED) is 0.245. The number of carbonyl (C=O) groups excluding carboxylic acids is 2. The van der Waals surface area contributed by atoms with Gasteiger partial charge in [0.05, 0.1) is 40.6 Å². The molecule has 2 aromatic carbocycles. The van der Waals surface area contributed by atoms with E-state index in [0.717, 1.165) is 27.2 Å². The van der Waals surface area contributed by atoms with Crippen LogP contribution in [0.4, 0.5) is 5.13 Å². The van der Waals surface area contributed by atoms with Crippen LogP contribution in [0.3, 0.4) is 0 Å². The summed E-state index contributed by atoms with van der Waals surface area (Å²) in [5, 5.41) is 5.25. The van der Waals surface area contributed by atoms with Crippen molar-refractivity contribution in [1.29, 1.82) is 0 Å². The SMILES string of the molecule is CCOCCn1c(=NC(=O)CSCC(=O)Nc2nc(-c3ccccc3)cs2)sc2cc(OCC)ccc21. The van der Waals surface area contributed by atoms with E-state index in [1.165, 1.54) is 34.4 Å².